The molecule has 7 nitrogen and oxygen atoms in total. The van der Waals surface area contributed by atoms with E-state index in [9.17, 15) is 0 Å². The maximum atomic E-state index is 5.95. The summed E-state index contributed by atoms with van der Waals surface area (Å²) in [6.07, 6.45) is 1.47. The Kier molecular flexibility index (Phi) is 4.08. The van der Waals surface area contributed by atoms with E-state index in [1.54, 1.807) is 31.2 Å². The zero-order valence-electron chi connectivity index (χ0n) is 11.3. The first-order valence-electron chi connectivity index (χ1n) is 6.22. The van der Waals surface area contributed by atoms with Crippen molar-refractivity contribution in [2.45, 2.75) is 6.92 Å². The van der Waals surface area contributed by atoms with E-state index in [1.165, 1.54) is 6.20 Å². The van der Waals surface area contributed by atoms with Gasteiger partial charge in [-0.25, -0.2) is 0 Å². The van der Waals surface area contributed by atoms with Crippen molar-refractivity contribution in [1.29, 1.82) is 0 Å². The van der Waals surface area contributed by atoms with Crippen molar-refractivity contribution in [2.24, 2.45) is 0 Å². The first-order chi connectivity index (χ1) is 10.6. The van der Waals surface area contributed by atoms with E-state index < -0.39 is 0 Å². The molecule has 0 amide bonds. The number of nitrogens with zero attached hydrogens (tertiary/aromatic N) is 4. The summed E-state index contributed by atoms with van der Waals surface area (Å²) in [5.74, 6) is 1.99. The van der Waals surface area contributed by atoms with Crippen molar-refractivity contribution in [3.05, 3.63) is 46.3 Å². The molecule has 2 N–H and O–H groups in total. The maximum absolute atomic E-state index is 5.95. The lowest BCUT2D eigenvalue weighted by Crippen LogP contribution is -2.02. The Balaban J connectivity index is 1.78. The van der Waals surface area contributed by atoms with Gasteiger partial charge in [0.05, 0.1) is 6.20 Å². The Bertz CT molecular complexity index is 786. The minimum Gasteiger partial charge on any atom is -0.360 e. The van der Waals surface area contributed by atoms with Gasteiger partial charge in [-0.05, 0) is 25.1 Å². The highest BCUT2D eigenvalue weighted by atomic mass is 35.5. The molecule has 3 aromatic rings. The van der Waals surface area contributed by atoms with Gasteiger partial charge >= 0.3 is 0 Å². The van der Waals surface area contributed by atoms with Gasteiger partial charge in [0.15, 0.2) is 11.6 Å². The van der Waals surface area contributed by atoms with E-state index in [0.29, 0.717) is 39.1 Å². The summed E-state index contributed by atoms with van der Waals surface area (Å²) in [5.41, 5.74) is 0.661. The van der Waals surface area contributed by atoms with Crippen molar-refractivity contribution in [1.82, 2.24) is 20.3 Å². The summed E-state index contributed by atoms with van der Waals surface area (Å²) in [7, 11) is 0. The molecule has 9 heteroatoms. The van der Waals surface area contributed by atoms with Crippen LogP contribution in [0.5, 0.6) is 0 Å². The number of halogens is 2. The molecule has 0 atom stereocenters. The Morgan fingerprint density at radius 2 is 1.77 bits per heavy atom. The number of benzene rings is 1. The van der Waals surface area contributed by atoms with Crippen LogP contribution in [-0.2, 0) is 0 Å². The number of hydrogen-bond acceptors (Lipinski definition) is 7. The first-order valence-corrected chi connectivity index (χ1v) is 6.97. The third kappa shape index (κ3) is 3.63. The monoisotopic (exact) mass is 336 g/mol. The van der Waals surface area contributed by atoms with Crippen LogP contribution in [0.15, 0.2) is 35.0 Å². The number of aryl methyl sites for hydroxylation is 1. The maximum Gasteiger partial charge on any atom is 0.249 e. The topological polar surface area (TPSA) is 88.8 Å². The predicted molar refractivity (Wildman–Crippen MR) is 84.1 cm³/mol. The highest BCUT2D eigenvalue weighted by Gasteiger charge is 2.06. The SMILES string of the molecule is Cc1cc(Nc2cnnc(Nc3cc(Cl)cc(Cl)c3)n2)no1. The molecule has 0 aliphatic carbocycles. The minimum atomic E-state index is 0.295. The zero-order valence-corrected chi connectivity index (χ0v) is 12.9. The smallest absolute Gasteiger partial charge is 0.249 e. The summed E-state index contributed by atoms with van der Waals surface area (Å²) >= 11 is 11.9. The molecule has 0 bridgehead atoms. The molecule has 0 radical (unpaired) electrons. The lowest BCUT2D eigenvalue weighted by molar-refractivity contribution is 0.400. The fraction of sp³-hybridized carbons (Fsp3) is 0.0769. The second kappa shape index (κ2) is 6.17. The standard InChI is InChI=1S/C13H10Cl2N6O/c1-7-2-11(21-22-7)18-12-6-16-20-13(19-12)17-10-4-8(14)3-9(15)5-10/h2-6H,1H3,(H2,17,18,19,20,21). The van der Waals surface area contributed by atoms with Gasteiger partial charge in [0.25, 0.3) is 0 Å². The summed E-state index contributed by atoms with van der Waals surface area (Å²) in [5, 5.41) is 18.5. The fourth-order valence-corrected chi connectivity index (χ4v) is 2.25. The number of nitrogens with one attached hydrogen (secondary N) is 2. The third-order valence-electron chi connectivity index (χ3n) is 2.56. The van der Waals surface area contributed by atoms with E-state index in [2.05, 4.69) is 31.0 Å². The fourth-order valence-electron chi connectivity index (χ4n) is 1.73. The lowest BCUT2D eigenvalue weighted by Gasteiger charge is -2.06. The van der Waals surface area contributed by atoms with Crippen LogP contribution in [-0.4, -0.2) is 20.3 Å². The number of rotatable bonds is 4. The van der Waals surface area contributed by atoms with Gasteiger partial charge in [-0.2, -0.15) is 10.1 Å². The predicted octanol–water partition coefficient (Wildman–Crippen LogP) is 3.96. The highest BCUT2D eigenvalue weighted by Crippen LogP contribution is 2.24. The van der Waals surface area contributed by atoms with E-state index >= 15 is 0 Å². The van der Waals surface area contributed by atoms with Crippen LogP contribution in [0.25, 0.3) is 0 Å². The molecular formula is C13H10Cl2N6O. The third-order valence-corrected chi connectivity index (χ3v) is 3.00. The minimum absolute atomic E-state index is 0.295. The molecule has 22 heavy (non-hydrogen) atoms. The number of anilines is 4. The molecule has 0 aliphatic heterocycles. The first kappa shape index (κ1) is 14.6. The number of hydrogen-bond donors (Lipinski definition) is 2. The average Bonchev–Trinajstić information content (AvgIpc) is 2.83. The molecule has 0 saturated heterocycles. The molecule has 0 spiro atoms. The van der Waals surface area contributed by atoms with Crippen molar-refractivity contribution in [3.8, 4) is 0 Å². The quantitative estimate of drug-likeness (QED) is 0.745. The molecule has 112 valence electrons. The van der Waals surface area contributed by atoms with E-state index in [1.807, 2.05) is 0 Å². The molecule has 1 aromatic carbocycles. The van der Waals surface area contributed by atoms with Gasteiger partial charge in [-0.3, -0.25) is 0 Å². The van der Waals surface area contributed by atoms with E-state index in [4.69, 9.17) is 27.7 Å². The van der Waals surface area contributed by atoms with Gasteiger partial charge in [0, 0.05) is 21.8 Å². The van der Waals surface area contributed by atoms with Crippen LogP contribution in [0.1, 0.15) is 5.76 Å². The highest BCUT2D eigenvalue weighted by molar-refractivity contribution is 6.35. The summed E-state index contributed by atoms with van der Waals surface area (Å²) in [6.45, 7) is 1.80. The van der Waals surface area contributed by atoms with Gasteiger partial charge in [-0.15, -0.1) is 5.10 Å². The second-order valence-corrected chi connectivity index (χ2v) is 5.27. The zero-order chi connectivity index (χ0) is 15.5. The molecule has 0 saturated carbocycles. The van der Waals surface area contributed by atoms with Crippen molar-refractivity contribution < 1.29 is 4.52 Å². The number of aromatic nitrogens is 4. The molecule has 3 rings (SSSR count). The van der Waals surface area contributed by atoms with Crippen LogP contribution < -0.4 is 10.6 Å². The second-order valence-electron chi connectivity index (χ2n) is 4.40. The molecule has 0 fully saturated rings. The Hall–Kier alpha value is -2.38. The Labute approximate surface area is 135 Å². The van der Waals surface area contributed by atoms with Gasteiger partial charge in [0.1, 0.15) is 5.76 Å². The van der Waals surface area contributed by atoms with Crippen LogP contribution in [0.2, 0.25) is 10.0 Å². The lowest BCUT2D eigenvalue weighted by atomic mass is 10.3. The normalized spacial score (nSPS) is 10.5. The van der Waals surface area contributed by atoms with Gasteiger partial charge in [0.2, 0.25) is 5.95 Å². The Morgan fingerprint density at radius 3 is 2.45 bits per heavy atom. The van der Waals surface area contributed by atoms with Crippen molar-refractivity contribution in [3.63, 3.8) is 0 Å². The molecule has 0 unspecified atom stereocenters. The van der Waals surface area contributed by atoms with Gasteiger partial charge < -0.3 is 15.2 Å². The summed E-state index contributed by atoms with van der Waals surface area (Å²) in [4.78, 5) is 4.27. The van der Waals surface area contributed by atoms with Crippen LogP contribution >= 0.6 is 23.2 Å². The van der Waals surface area contributed by atoms with Crippen LogP contribution in [0.4, 0.5) is 23.3 Å². The van der Waals surface area contributed by atoms with Gasteiger partial charge in [-0.1, -0.05) is 28.4 Å². The van der Waals surface area contributed by atoms with Crippen LogP contribution in [0, 0.1) is 6.92 Å². The van der Waals surface area contributed by atoms with Crippen molar-refractivity contribution >= 4 is 46.5 Å². The molecular weight excluding hydrogens is 327 g/mol. The molecule has 0 aliphatic rings. The van der Waals surface area contributed by atoms with Crippen LogP contribution in [0.3, 0.4) is 0 Å². The summed E-state index contributed by atoms with van der Waals surface area (Å²) in [6, 6.07) is 6.79. The van der Waals surface area contributed by atoms with E-state index in [-0.39, 0.29) is 0 Å². The molecule has 2 aromatic heterocycles. The summed E-state index contributed by atoms with van der Waals surface area (Å²) < 4.78 is 4.97. The molecule has 2 heterocycles. The van der Waals surface area contributed by atoms with Crippen molar-refractivity contribution in [2.75, 3.05) is 10.6 Å². The Morgan fingerprint density at radius 1 is 1.00 bits per heavy atom. The largest absolute Gasteiger partial charge is 0.360 e. The average molecular weight is 337 g/mol. The van der Waals surface area contributed by atoms with E-state index in [0.717, 1.165) is 0 Å².